The summed E-state index contributed by atoms with van der Waals surface area (Å²) in [6.07, 6.45) is 0. The maximum Gasteiger partial charge on any atom is 0.258 e. The van der Waals surface area contributed by atoms with Crippen LogP contribution < -0.4 is 10.2 Å². The predicted octanol–water partition coefficient (Wildman–Crippen LogP) is 1.70. The highest BCUT2D eigenvalue weighted by Crippen LogP contribution is 2.24. The second-order valence-corrected chi connectivity index (χ2v) is 8.81. The summed E-state index contributed by atoms with van der Waals surface area (Å²) in [4.78, 5) is 26.0. The lowest BCUT2D eigenvalue weighted by atomic mass is 10.1. The number of hydrogen-bond donors (Lipinski definition) is 1. The first-order chi connectivity index (χ1) is 13.2. The van der Waals surface area contributed by atoms with E-state index in [1.54, 1.807) is 19.2 Å². The summed E-state index contributed by atoms with van der Waals surface area (Å²) in [6, 6.07) is 11.8. The number of nitrogens with zero attached hydrogens (tertiary/aromatic N) is 2. The van der Waals surface area contributed by atoms with Gasteiger partial charge in [0.2, 0.25) is 15.9 Å². The predicted molar refractivity (Wildman–Crippen MR) is 107 cm³/mol. The first-order valence-corrected chi connectivity index (χ1v) is 10.4. The molecule has 1 N–H and O–H groups in total. The summed E-state index contributed by atoms with van der Waals surface area (Å²) in [7, 11) is -2.19. The molecule has 1 aliphatic rings. The molecule has 7 nitrogen and oxygen atoms in total. The van der Waals surface area contributed by atoms with Crippen molar-refractivity contribution in [3.05, 3.63) is 59.2 Å². The van der Waals surface area contributed by atoms with Gasteiger partial charge in [-0.25, -0.2) is 8.42 Å². The summed E-state index contributed by atoms with van der Waals surface area (Å²) in [6.45, 7) is 4.12. The summed E-state index contributed by atoms with van der Waals surface area (Å²) < 4.78 is 26.9. The van der Waals surface area contributed by atoms with E-state index >= 15 is 0 Å². The summed E-state index contributed by atoms with van der Waals surface area (Å²) in [5.41, 5.74) is 3.02. The molecule has 2 amide bonds. The highest BCUT2D eigenvalue weighted by atomic mass is 32.2. The minimum atomic E-state index is -3.85. The number of carbonyl (C=O) groups excluding carboxylic acids is 2. The molecule has 0 unspecified atom stereocenters. The molecule has 2 aromatic rings. The fraction of sp³-hybridized carbons (Fsp3) is 0.300. The highest BCUT2D eigenvalue weighted by molar-refractivity contribution is 7.89. The van der Waals surface area contributed by atoms with Crippen LogP contribution in [0, 0.1) is 13.8 Å². The quantitative estimate of drug-likeness (QED) is 0.845. The second-order valence-electron chi connectivity index (χ2n) is 6.87. The van der Waals surface area contributed by atoms with Crippen molar-refractivity contribution in [3.8, 4) is 0 Å². The molecule has 3 rings (SSSR count). The number of amides is 2. The van der Waals surface area contributed by atoms with Crippen molar-refractivity contribution in [2.45, 2.75) is 18.7 Å². The van der Waals surface area contributed by atoms with Crippen LogP contribution in [0.3, 0.4) is 0 Å². The fourth-order valence-electron chi connectivity index (χ4n) is 3.14. The van der Waals surface area contributed by atoms with Crippen molar-refractivity contribution < 1.29 is 18.0 Å². The second kappa shape index (κ2) is 7.73. The Labute approximate surface area is 165 Å². The van der Waals surface area contributed by atoms with Gasteiger partial charge in [-0.1, -0.05) is 18.2 Å². The van der Waals surface area contributed by atoms with Crippen LogP contribution in [0.25, 0.3) is 0 Å². The molecule has 148 valence electrons. The number of benzene rings is 2. The lowest BCUT2D eigenvalue weighted by molar-refractivity contribution is -0.122. The van der Waals surface area contributed by atoms with Gasteiger partial charge in [0, 0.05) is 31.4 Å². The zero-order valence-corrected chi connectivity index (χ0v) is 16.9. The van der Waals surface area contributed by atoms with Gasteiger partial charge in [-0.05, 0) is 49.2 Å². The molecular weight excluding hydrogens is 378 g/mol. The fourth-order valence-corrected chi connectivity index (χ4v) is 4.59. The van der Waals surface area contributed by atoms with Gasteiger partial charge < -0.3 is 10.2 Å². The molecule has 1 saturated heterocycles. The average Bonchev–Trinajstić information content (AvgIpc) is 2.69. The monoisotopic (exact) mass is 401 g/mol. The summed E-state index contributed by atoms with van der Waals surface area (Å²) >= 11 is 0. The molecule has 0 aliphatic carbocycles. The zero-order valence-electron chi connectivity index (χ0n) is 16.1. The molecular formula is C20H23N3O4S. The standard InChI is InChI=1S/C20H23N3O4S/c1-14-7-8-15(2)18(11-14)22(3)20(25)16-5-4-6-17(12-16)28(26,27)23-10-9-21-19(24)13-23/h4-8,11-12H,9-10,13H2,1-3H3,(H,21,24). The van der Waals surface area contributed by atoms with E-state index in [0.717, 1.165) is 21.1 Å². The molecule has 28 heavy (non-hydrogen) atoms. The van der Waals surface area contributed by atoms with Crippen molar-refractivity contribution in [2.75, 3.05) is 31.6 Å². The lowest BCUT2D eigenvalue weighted by Crippen LogP contribution is -2.49. The lowest BCUT2D eigenvalue weighted by Gasteiger charge is -2.26. The number of carbonyl (C=O) groups is 2. The molecule has 0 spiro atoms. The number of hydrogen-bond acceptors (Lipinski definition) is 4. The third-order valence-corrected chi connectivity index (χ3v) is 6.59. The van der Waals surface area contributed by atoms with E-state index in [1.165, 1.54) is 17.0 Å². The molecule has 0 bridgehead atoms. The molecule has 0 aromatic heterocycles. The largest absolute Gasteiger partial charge is 0.354 e. The van der Waals surface area contributed by atoms with Gasteiger partial charge in [-0.15, -0.1) is 0 Å². The van der Waals surface area contributed by atoms with E-state index in [4.69, 9.17) is 0 Å². The maximum atomic E-state index is 13.0. The van der Waals surface area contributed by atoms with Crippen LogP contribution in [0.4, 0.5) is 5.69 Å². The topological polar surface area (TPSA) is 86.8 Å². The maximum absolute atomic E-state index is 13.0. The Kier molecular flexibility index (Phi) is 5.53. The van der Waals surface area contributed by atoms with Crippen LogP contribution in [0.2, 0.25) is 0 Å². The van der Waals surface area contributed by atoms with E-state index in [1.807, 2.05) is 32.0 Å². The molecule has 0 saturated carbocycles. The number of rotatable bonds is 4. The third kappa shape index (κ3) is 3.93. The van der Waals surface area contributed by atoms with Crippen molar-refractivity contribution in [1.29, 1.82) is 0 Å². The SMILES string of the molecule is Cc1ccc(C)c(N(C)C(=O)c2cccc(S(=O)(=O)N3CCNC(=O)C3)c2)c1. The van der Waals surface area contributed by atoms with Crippen molar-refractivity contribution in [2.24, 2.45) is 0 Å². The van der Waals surface area contributed by atoms with E-state index in [0.29, 0.717) is 0 Å². The van der Waals surface area contributed by atoms with Crippen LogP contribution in [0.1, 0.15) is 21.5 Å². The molecule has 0 atom stereocenters. The van der Waals surface area contributed by atoms with E-state index in [9.17, 15) is 18.0 Å². The Hall–Kier alpha value is -2.71. The summed E-state index contributed by atoms with van der Waals surface area (Å²) in [5, 5.41) is 2.60. The Morgan fingerprint density at radius 3 is 2.61 bits per heavy atom. The van der Waals surface area contributed by atoms with E-state index in [2.05, 4.69) is 5.32 Å². The Bertz CT molecular complexity index is 1030. The molecule has 2 aromatic carbocycles. The number of nitrogens with one attached hydrogen (secondary N) is 1. The Morgan fingerprint density at radius 1 is 1.14 bits per heavy atom. The molecule has 1 heterocycles. The summed E-state index contributed by atoms with van der Waals surface area (Å²) in [5.74, 6) is -0.640. The van der Waals surface area contributed by atoms with Crippen LogP contribution in [0.15, 0.2) is 47.4 Å². The average molecular weight is 401 g/mol. The van der Waals surface area contributed by atoms with Crippen molar-refractivity contribution in [3.63, 3.8) is 0 Å². The first kappa shape index (κ1) is 20.0. The normalized spacial score (nSPS) is 15.2. The van der Waals surface area contributed by atoms with Crippen LogP contribution in [-0.2, 0) is 14.8 Å². The Morgan fingerprint density at radius 2 is 1.89 bits per heavy atom. The first-order valence-electron chi connectivity index (χ1n) is 8.92. The number of anilines is 1. The highest BCUT2D eigenvalue weighted by Gasteiger charge is 2.29. The van der Waals surface area contributed by atoms with Crippen LogP contribution in [-0.4, -0.2) is 51.2 Å². The zero-order chi connectivity index (χ0) is 20.5. The van der Waals surface area contributed by atoms with Gasteiger partial charge in [-0.3, -0.25) is 9.59 Å². The van der Waals surface area contributed by atoms with Crippen molar-refractivity contribution in [1.82, 2.24) is 9.62 Å². The van der Waals surface area contributed by atoms with Gasteiger partial charge >= 0.3 is 0 Å². The van der Waals surface area contributed by atoms with Gasteiger partial charge in [0.1, 0.15) is 0 Å². The molecule has 0 radical (unpaired) electrons. The minimum absolute atomic E-state index is 0.00224. The van der Waals surface area contributed by atoms with Crippen LogP contribution in [0.5, 0.6) is 0 Å². The number of piperazine rings is 1. The minimum Gasteiger partial charge on any atom is -0.354 e. The third-order valence-electron chi connectivity index (χ3n) is 4.75. The van der Waals surface area contributed by atoms with E-state index in [-0.39, 0.29) is 41.9 Å². The molecule has 1 aliphatic heterocycles. The Balaban J connectivity index is 1.91. The molecule has 8 heteroatoms. The van der Waals surface area contributed by atoms with E-state index < -0.39 is 10.0 Å². The number of sulfonamides is 1. The van der Waals surface area contributed by atoms with Crippen molar-refractivity contribution >= 4 is 27.5 Å². The van der Waals surface area contributed by atoms with Gasteiger partial charge in [0.05, 0.1) is 11.4 Å². The smallest absolute Gasteiger partial charge is 0.258 e. The van der Waals surface area contributed by atoms with Gasteiger partial charge in [0.15, 0.2) is 0 Å². The molecule has 1 fully saturated rings. The van der Waals surface area contributed by atoms with Crippen LogP contribution >= 0.6 is 0 Å². The van der Waals surface area contributed by atoms with Gasteiger partial charge in [-0.2, -0.15) is 4.31 Å². The number of aryl methyl sites for hydroxylation is 2. The van der Waals surface area contributed by atoms with Gasteiger partial charge in [0.25, 0.3) is 5.91 Å².